The summed E-state index contributed by atoms with van der Waals surface area (Å²) in [6, 6.07) is 27.1. The second kappa shape index (κ2) is 18.6. The number of rotatable bonds is 17. The number of methoxy groups -OCH3 is 2. The lowest BCUT2D eigenvalue weighted by Crippen LogP contribution is -2.44. The fraction of sp³-hybridized carbons (Fsp3) is 0.524. The third-order valence-corrected chi connectivity index (χ3v) is 11.0. The minimum atomic E-state index is -0.404. The van der Waals surface area contributed by atoms with Crippen LogP contribution in [0.25, 0.3) is 11.1 Å². The Labute approximate surface area is 303 Å². The maximum Gasteiger partial charge on any atom is 0.411 e. The summed E-state index contributed by atoms with van der Waals surface area (Å²) in [6.07, 6.45) is 7.71. The lowest BCUT2D eigenvalue weighted by Gasteiger charge is -2.31. The number of ether oxygens (including phenoxy) is 4. The molecule has 6 rings (SSSR count). The Bertz CT molecular complexity index is 1510. The number of hydrogen-bond acceptors (Lipinski definition) is 7. The highest BCUT2D eigenvalue weighted by Gasteiger charge is 2.42. The molecule has 2 atom stereocenters. The third-order valence-electron chi connectivity index (χ3n) is 11.0. The van der Waals surface area contributed by atoms with Crippen molar-refractivity contribution in [1.82, 2.24) is 9.80 Å². The molecule has 1 saturated heterocycles. The Balaban J connectivity index is 0.857. The molecule has 9 nitrogen and oxygen atoms in total. The molecular formula is C42H55N3O6. The molecule has 2 unspecified atom stereocenters. The van der Waals surface area contributed by atoms with E-state index >= 15 is 0 Å². The molecule has 2 saturated carbocycles. The number of nitrogens with one attached hydrogen (secondary N) is 1. The third kappa shape index (κ3) is 10.4. The number of anilines is 1. The van der Waals surface area contributed by atoms with Gasteiger partial charge in [0.25, 0.3) is 0 Å². The molecule has 0 bridgehead atoms. The van der Waals surface area contributed by atoms with Crippen molar-refractivity contribution >= 4 is 17.7 Å². The molecule has 3 aliphatic rings. The number of hydrogen-bond donors (Lipinski definition) is 1. The van der Waals surface area contributed by atoms with Crippen molar-refractivity contribution in [3.05, 3.63) is 90.0 Å². The van der Waals surface area contributed by atoms with E-state index in [-0.39, 0.29) is 24.1 Å². The van der Waals surface area contributed by atoms with Gasteiger partial charge in [0.15, 0.2) is 6.29 Å². The van der Waals surface area contributed by atoms with Gasteiger partial charge in [0.05, 0.1) is 31.9 Å². The van der Waals surface area contributed by atoms with Gasteiger partial charge in [0, 0.05) is 45.5 Å². The highest BCUT2D eigenvalue weighted by atomic mass is 16.7. The van der Waals surface area contributed by atoms with Gasteiger partial charge in [-0.15, -0.1) is 0 Å². The van der Waals surface area contributed by atoms with Crippen LogP contribution in [0.2, 0.25) is 0 Å². The van der Waals surface area contributed by atoms with E-state index in [4.69, 9.17) is 18.9 Å². The van der Waals surface area contributed by atoms with Crippen molar-refractivity contribution in [3.63, 3.8) is 0 Å². The highest BCUT2D eigenvalue weighted by molar-refractivity contribution is 5.91. The zero-order chi connectivity index (χ0) is 35.4. The second-order valence-electron chi connectivity index (χ2n) is 14.4. The van der Waals surface area contributed by atoms with Crippen molar-refractivity contribution in [2.24, 2.45) is 11.8 Å². The van der Waals surface area contributed by atoms with E-state index in [1.54, 1.807) is 14.2 Å². The smallest absolute Gasteiger partial charge is 0.411 e. The van der Waals surface area contributed by atoms with Crippen LogP contribution < -0.4 is 5.32 Å². The summed E-state index contributed by atoms with van der Waals surface area (Å²) in [5, 5.41) is 2.99. The molecule has 0 spiro atoms. The normalized spacial score (nSPS) is 20.5. The first-order valence-electron chi connectivity index (χ1n) is 18.8. The molecule has 0 aromatic heterocycles. The van der Waals surface area contributed by atoms with Crippen LogP contribution in [0.15, 0.2) is 78.9 Å². The van der Waals surface area contributed by atoms with E-state index in [1.807, 2.05) is 59.5 Å². The first-order valence-corrected chi connectivity index (χ1v) is 18.8. The molecule has 3 aromatic rings. The largest absolute Gasteiger partial charge is 0.446 e. The van der Waals surface area contributed by atoms with Gasteiger partial charge in [-0.2, -0.15) is 0 Å². The van der Waals surface area contributed by atoms with Crippen LogP contribution in [0.5, 0.6) is 0 Å². The van der Waals surface area contributed by atoms with Crippen molar-refractivity contribution in [2.75, 3.05) is 58.9 Å². The fourth-order valence-electron chi connectivity index (χ4n) is 8.20. The summed E-state index contributed by atoms with van der Waals surface area (Å²) in [4.78, 5) is 30.4. The predicted molar refractivity (Wildman–Crippen MR) is 199 cm³/mol. The maximum absolute atomic E-state index is 13.0. The Morgan fingerprint density at radius 2 is 1.47 bits per heavy atom. The van der Waals surface area contributed by atoms with Gasteiger partial charge < -0.3 is 28.7 Å². The lowest BCUT2D eigenvalue weighted by atomic mass is 10.0. The minimum Gasteiger partial charge on any atom is -0.446 e. The van der Waals surface area contributed by atoms with Gasteiger partial charge >= 0.3 is 6.09 Å². The molecule has 2 aliphatic carbocycles. The molecular weight excluding hydrogens is 642 g/mol. The first-order chi connectivity index (χ1) is 25.0. The van der Waals surface area contributed by atoms with Crippen LogP contribution in [-0.4, -0.2) is 93.8 Å². The number of amides is 2. The van der Waals surface area contributed by atoms with E-state index < -0.39 is 6.29 Å². The van der Waals surface area contributed by atoms with Crippen molar-refractivity contribution in [2.45, 2.75) is 76.2 Å². The summed E-state index contributed by atoms with van der Waals surface area (Å²) < 4.78 is 22.5. The van der Waals surface area contributed by atoms with Gasteiger partial charge in [-0.1, -0.05) is 85.6 Å². The van der Waals surface area contributed by atoms with Crippen LogP contribution in [0.3, 0.4) is 0 Å². The summed E-state index contributed by atoms with van der Waals surface area (Å²) in [7, 11) is 3.23. The number of para-hydroxylation sites is 1. The van der Waals surface area contributed by atoms with Gasteiger partial charge in [0.2, 0.25) is 5.91 Å². The average molecular weight is 698 g/mol. The van der Waals surface area contributed by atoms with Crippen LogP contribution >= 0.6 is 0 Å². The highest BCUT2D eigenvalue weighted by Crippen LogP contribution is 2.40. The molecule has 1 heterocycles. The monoisotopic (exact) mass is 697 g/mol. The number of fused-ring (bicyclic) bond motifs is 1. The van der Waals surface area contributed by atoms with Crippen LogP contribution in [0, 0.1) is 11.8 Å². The molecule has 0 radical (unpaired) electrons. The number of nitrogens with zero attached hydrogens (tertiary/aromatic N) is 2. The van der Waals surface area contributed by atoms with Crippen LogP contribution in [0.4, 0.5) is 10.5 Å². The zero-order valence-electron chi connectivity index (χ0n) is 30.3. The first kappa shape index (κ1) is 37.0. The van der Waals surface area contributed by atoms with E-state index in [9.17, 15) is 9.59 Å². The number of carbonyl (C=O) groups excluding carboxylic acids is 2. The number of carbonyl (C=O) groups is 2. The van der Waals surface area contributed by atoms with E-state index in [1.165, 1.54) is 24.0 Å². The molecule has 3 aromatic carbocycles. The SMILES string of the molecule is COC(CN(C(=O)CCOCCc1ccc(CCN2CC3CC(OC(=O)Nc4ccccc4-c4ccccc4)CC3C2)cc1)C1CCCC1)OC. The zero-order valence-corrected chi connectivity index (χ0v) is 30.3. The molecule has 51 heavy (non-hydrogen) atoms. The Hall–Kier alpha value is -3.76. The van der Waals surface area contributed by atoms with Crippen LogP contribution in [0.1, 0.15) is 56.1 Å². The fourth-order valence-corrected chi connectivity index (χ4v) is 8.20. The number of benzene rings is 3. The Morgan fingerprint density at radius 3 is 2.16 bits per heavy atom. The predicted octanol–water partition coefficient (Wildman–Crippen LogP) is 7.19. The molecule has 1 aliphatic heterocycles. The van der Waals surface area contributed by atoms with Gasteiger partial charge in [-0.25, -0.2) is 4.79 Å². The van der Waals surface area contributed by atoms with Crippen molar-refractivity contribution in [3.8, 4) is 11.1 Å². The molecule has 274 valence electrons. The molecule has 1 N–H and O–H groups in total. The van der Waals surface area contributed by atoms with E-state index in [2.05, 4.69) is 34.5 Å². The summed E-state index contributed by atoms with van der Waals surface area (Å²) in [6.45, 7) is 4.66. The van der Waals surface area contributed by atoms with Gasteiger partial charge in [-0.05, 0) is 73.1 Å². The molecule has 2 amide bonds. The second-order valence-corrected chi connectivity index (χ2v) is 14.4. The van der Waals surface area contributed by atoms with Crippen molar-refractivity contribution < 1.29 is 28.5 Å². The molecule has 9 heteroatoms. The molecule has 3 fully saturated rings. The summed E-state index contributed by atoms with van der Waals surface area (Å²) in [5.74, 6) is 1.27. The van der Waals surface area contributed by atoms with Gasteiger partial charge in [0.1, 0.15) is 6.10 Å². The summed E-state index contributed by atoms with van der Waals surface area (Å²) >= 11 is 0. The average Bonchev–Trinajstić information content (AvgIpc) is 3.90. The summed E-state index contributed by atoms with van der Waals surface area (Å²) in [5.41, 5.74) is 5.40. The van der Waals surface area contributed by atoms with Gasteiger partial charge in [-0.3, -0.25) is 10.1 Å². The lowest BCUT2D eigenvalue weighted by molar-refractivity contribution is -0.150. The topological polar surface area (TPSA) is 89.6 Å². The van der Waals surface area contributed by atoms with Crippen molar-refractivity contribution in [1.29, 1.82) is 0 Å². The minimum absolute atomic E-state index is 0.0285. The Morgan fingerprint density at radius 1 is 0.824 bits per heavy atom. The number of likely N-dealkylation sites (tertiary alicyclic amines) is 1. The van der Waals surface area contributed by atoms with E-state index in [0.717, 1.165) is 75.0 Å². The standard InChI is InChI=1S/C42H55N3O6/c1-48-41(49-2)30-45(36-12-6-7-13-36)40(46)22-25-50-24-21-32-18-16-31(17-19-32)20-23-44-28-34-26-37(27-35(34)29-44)51-42(47)43-39-15-9-8-14-38(39)33-10-4-3-5-11-33/h3-5,8-11,14-19,34-37,41H,6-7,12-13,20-30H2,1-2H3,(H,43,47). The Kier molecular flexibility index (Phi) is 13.5. The van der Waals surface area contributed by atoms with E-state index in [0.29, 0.717) is 38.0 Å². The quantitative estimate of drug-likeness (QED) is 0.118. The van der Waals surface area contributed by atoms with Crippen LogP contribution in [-0.2, 0) is 36.6 Å². The maximum atomic E-state index is 13.0.